The van der Waals surface area contributed by atoms with Crippen LogP contribution in [0.1, 0.15) is 12.0 Å². The largest absolute Gasteiger partial charge is 0.478 e. The van der Waals surface area contributed by atoms with Crippen LogP contribution in [-0.4, -0.2) is 11.1 Å². The maximum Gasteiger partial charge on any atom is 0.336 e. The second-order valence-electron chi connectivity index (χ2n) is 5.53. The summed E-state index contributed by atoms with van der Waals surface area (Å²) in [5.41, 5.74) is 4.91. The molecule has 112 valence electrons. The lowest BCUT2D eigenvalue weighted by Gasteiger charge is -2.36. The average molecular weight is 301 g/mol. The lowest BCUT2D eigenvalue weighted by Crippen LogP contribution is -2.26. The van der Waals surface area contributed by atoms with E-state index in [0.717, 1.165) is 28.2 Å². The molecular weight excluding hydrogens is 286 g/mol. The fourth-order valence-electron chi connectivity index (χ4n) is 3.26. The van der Waals surface area contributed by atoms with Gasteiger partial charge < -0.3 is 10.0 Å². The Hall–Kier alpha value is -3.07. The Morgan fingerprint density at radius 3 is 2.52 bits per heavy atom. The average Bonchev–Trinajstić information content (AvgIpc) is 2.59. The molecule has 3 heteroatoms. The van der Waals surface area contributed by atoms with Gasteiger partial charge in [0.2, 0.25) is 0 Å². The van der Waals surface area contributed by atoms with Crippen LogP contribution < -0.4 is 4.90 Å². The summed E-state index contributed by atoms with van der Waals surface area (Å²) in [5.74, 6) is -0.874. The van der Waals surface area contributed by atoms with Gasteiger partial charge in [0, 0.05) is 11.3 Å². The summed E-state index contributed by atoms with van der Waals surface area (Å²) < 4.78 is 0. The number of para-hydroxylation sites is 2. The summed E-state index contributed by atoms with van der Waals surface area (Å²) in [6, 6.07) is 17.7. The van der Waals surface area contributed by atoms with E-state index in [2.05, 4.69) is 4.90 Å². The molecule has 2 aromatic rings. The summed E-state index contributed by atoms with van der Waals surface area (Å²) in [5, 5.41) is 9.75. The Morgan fingerprint density at radius 2 is 1.74 bits per heavy atom. The zero-order valence-corrected chi connectivity index (χ0v) is 12.4. The molecule has 1 aliphatic carbocycles. The van der Waals surface area contributed by atoms with Crippen LogP contribution in [0.15, 0.2) is 84.1 Å². The fourth-order valence-corrected chi connectivity index (χ4v) is 3.26. The highest BCUT2D eigenvalue weighted by molar-refractivity contribution is 6.21. The van der Waals surface area contributed by atoms with Gasteiger partial charge >= 0.3 is 5.97 Å². The van der Waals surface area contributed by atoms with E-state index in [-0.39, 0.29) is 0 Å². The van der Waals surface area contributed by atoms with Crippen LogP contribution in [0.5, 0.6) is 0 Å². The number of hydrogen-bond donors (Lipinski definition) is 1. The normalized spacial score (nSPS) is 15.8. The molecule has 0 atom stereocenters. The molecule has 0 unspecified atom stereocenters. The van der Waals surface area contributed by atoms with Crippen molar-refractivity contribution in [3.05, 3.63) is 89.7 Å². The summed E-state index contributed by atoms with van der Waals surface area (Å²) >= 11 is 0. The molecule has 2 aliphatic rings. The number of allylic oxidation sites excluding steroid dienone is 4. The minimum atomic E-state index is -0.874. The summed E-state index contributed by atoms with van der Waals surface area (Å²) in [6.45, 7) is 0. The van der Waals surface area contributed by atoms with Crippen LogP contribution in [0.4, 0.5) is 11.4 Å². The van der Waals surface area contributed by atoms with Crippen molar-refractivity contribution in [3.63, 3.8) is 0 Å². The van der Waals surface area contributed by atoms with Gasteiger partial charge in [-0.2, -0.15) is 0 Å². The Labute approximate surface area is 134 Å². The number of fused-ring (bicyclic) bond motifs is 2. The second kappa shape index (κ2) is 5.29. The van der Waals surface area contributed by atoms with E-state index in [1.165, 1.54) is 0 Å². The van der Waals surface area contributed by atoms with Crippen LogP contribution >= 0.6 is 0 Å². The molecule has 0 bridgehead atoms. The van der Waals surface area contributed by atoms with E-state index < -0.39 is 5.97 Å². The van der Waals surface area contributed by atoms with Crippen molar-refractivity contribution in [3.8, 4) is 0 Å². The van der Waals surface area contributed by atoms with Gasteiger partial charge in [-0.15, -0.1) is 0 Å². The summed E-state index contributed by atoms with van der Waals surface area (Å²) in [4.78, 5) is 14.0. The van der Waals surface area contributed by atoms with E-state index in [9.17, 15) is 9.90 Å². The van der Waals surface area contributed by atoms with Crippen LogP contribution in [0.3, 0.4) is 0 Å². The van der Waals surface area contributed by atoms with Crippen molar-refractivity contribution < 1.29 is 9.90 Å². The molecule has 2 aromatic carbocycles. The summed E-state index contributed by atoms with van der Waals surface area (Å²) in [7, 11) is 0. The molecule has 1 N–H and O–H groups in total. The quantitative estimate of drug-likeness (QED) is 0.886. The number of hydrogen-bond acceptors (Lipinski definition) is 2. The van der Waals surface area contributed by atoms with Crippen molar-refractivity contribution in [1.82, 2.24) is 0 Å². The lowest BCUT2D eigenvalue weighted by atomic mass is 9.87. The van der Waals surface area contributed by atoms with Crippen LogP contribution in [-0.2, 0) is 4.79 Å². The van der Waals surface area contributed by atoms with E-state index in [0.29, 0.717) is 12.0 Å². The first-order valence-corrected chi connectivity index (χ1v) is 7.55. The molecule has 3 nitrogen and oxygen atoms in total. The number of carbonyl (C=O) groups is 1. The Balaban J connectivity index is 2.04. The SMILES string of the molecule is O=C(O)C1=C2CC=CC=C2N(c2ccccc2)c2ccccc21. The topological polar surface area (TPSA) is 40.5 Å². The maximum atomic E-state index is 11.9. The molecule has 1 aliphatic heterocycles. The number of carboxylic acid groups (broad SMARTS) is 1. The number of rotatable bonds is 2. The van der Waals surface area contributed by atoms with Gasteiger partial charge in [-0.1, -0.05) is 48.6 Å². The first-order valence-electron chi connectivity index (χ1n) is 7.55. The number of benzene rings is 2. The predicted molar refractivity (Wildman–Crippen MR) is 91.4 cm³/mol. The second-order valence-corrected chi connectivity index (χ2v) is 5.53. The molecule has 0 radical (unpaired) electrons. The Morgan fingerprint density at radius 1 is 1.00 bits per heavy atom. The summed E-state index contributed by atoms with van der Waals surface area (Å²) in [6.07, 6.45) is 6.61. The molecule has 0 saturated carbocycles. The maximum absolute atomic E-state index is 11.9. The fraction of sp³-hybridized carbons (Fsp3) is 0.0500. The van der Waals surface area contributed by atoms with Gasteiger partial charge in [-0.05, 0) is 36.3 Å². The Bertz CT molecular complexity index is 876. The molecule has 1 heterocycles. The number of anilines is 2. The third-order valence-electron chi connectivity index (χ3n) is 4.21. The molecule has 0 fully saturated rings. The van der Waals surface area contributed by atoms with E-state index in [1.807, 2.05) is 72.8 Å². The van der Waals surface area contributed by atoms with Gasteiger partial charge in [0.15, 0.2) is 0 Å². The van der Waals surface area contributed by atoms with Crippen LogP contribution in [0.25, 0.3) is 5.57 Å². The number of carboxylic acids is 1. The van der Waals surface area contributed by atoms with E-state index in [1.54, 1.807) is 0 Å². The lowest BCUT2D eigenvalue weighted by molar-refractivity contribution is -0.130. The first-order chi connectivity index (χ1) is 11.3. The molecule has 0 spiro atoms. The highest BCUT2D eigenvalue weighted by atomic mass is 16.4. The van der Waals surface area contributed by atoms with Crippen molar-refractivity contribution in [2.45, 2.75) is 6.42 Å². The Kier molecular flexibility index (Phi) is 3.12. The van der Waals surface area contributed by atoms with Gasteiger partial charge in [-0.3, -0.25) is 0 Å². The zero-order chi connectivity index (χ0) is 15.8. The molecule has 0 amide bonds. The molecule has 23 heavy (non-hydrogen) atoms. The van der Waals surface area contributed by atoms with Crippen molar-refractivity contribution in [1.29, 1.82) is 0 Å². The highest BCUT2D eigenvalue weighted by Gasteiger charge is 2.32. The van der Waals surface area contributed by atoms with Gasteiger partial charge in [0.25, 0.3) is 0 Å². The molecular formula is C20H15NO2. The van der Waals surface area contributed by atoms with E-state index in [4.69, 9.17) is 0 Å². The third-order valence-corrected chi connectivity index (χ3v) is 4.21. The highest BCUT2D eigenvalue weighted by Crippen LogP contribution is 2.46. The predicted octanol–water partition coefficient (Wildman–Crippen LogP) is 4.52. The van der Waals surface area contributed by atoms with Gasteiger partial charge in [0.1, 0.15) is 0 Å². The standard InChI is InChI=1S/C20H15NO2/c22-20(23)19-15-10-4-6-12-17(15)21(14-8-2-1-3-9-14)18-13-7-5-11-16(18)19/h1-10,12-13H,11H2,(H,22,23). The van der Waals surface area contributed by atoms with Crippen LogP contribution in [0, 0.1) is 0 Å². The van der Waals surface area contributed by atoms with E-state index >= 15 is 0 Å². The number of nitrogens with zero attached hydrogens (tertiary/aromatic N) is 1. The minimum Gasteiger partial charge on any atom is -0.478 e. The first kappa shape index (κ1) is 13.6. The zero-order valence-electron chi connectivity index (χ0n) is 12.4. The van der Waals surface area contributed by atoms with Crippen molar-refractivity contribution >= 4 is 22.9 Å². The van der Waals surface area contributed by atoms with Crippen molar-refractivity contribution in [2.75, 3.05) is 4.90 Å². The smallest absolute Gasteiger partial charge is 0.336 e. The molecule has 0 aromatic heterocycles. The molecule has 4 rings (SSSR count). The monoisotopic (exact) mass is 301 g/mol. The number of aliphatic carboxylic acids is 1. The van der Waals surface area contributed by atoms with Crippen molar-refractivity contribution in [2.24, 2.45) is 0 Å². The van der Waals surface area contributed by atoms with Gasteiger partial charge in [-0.25, -0.2) is 4.79 Å². The van der Waals surface area contributed by atoms with Crippen LogP contribution in [0.2, 0.25) is 0 Å². The third kappa shape index (κ3) is 2.09. The minimum absolute atomic E-state index is 0.406. The van der Waals surface area contributed by atoms with Gasteiger partial charge in [0.05, 0.1) is 17.0 Å². The molecule has 0 saturated heterocycles.